The van der Waals surface area contributed by atoms with E-state index in [9.17, 15) is 19.8 Å². The molecule has 0 bridgehead atoms. The third kappa shape index (κ3) is 11.9. The molecule has 2 N–H and O–H groups in total. The maximum Gasteiger partial charge on any atom is 0.306 e. The Morgan fingerprint density at radius 3 is 1.46 bits per heavy atom. The molecule has 2 aromatic rings. The van der Waals surface area contributed by atoms with Gasteiger partial charge in [-0.2, -0.15) is 11.8 Å². The fourth-order valence-corrected chi connectivity index (χ4v) is 5.12. The molecule has 0 spiro atoms. The molecule has 0 saturated carbocycles. The van der Waals surface area contributed by atoms with Gasteiger partial charge in [0.25, 0.3) is 0 Å². The van der Waals surface area contributed by atoms with E-state index in [0.717, 1.165) is 46.2 Å². The lowest BCUT2D eigenvalue weighted by Gasteiger charge is -2.13. The Labute approximate surface area is 238 Å². The summed E-state index contributed by atoms with van der Waals surface area (Å²) in [6, 6.07) is 7.84. The zero-order chi connectivity index (χ0) is 28.9. The van der Waals surface area contributed by atoms with Crippen LogP contribution in [-0.2, 0) is 44.7 Å². The Morgan fingerprint density at radius 2 is 1.10 bits per heavy atom. The molecule has 0 aliphatic carbocycles. The number of phenolic OH excluding ortho intramolecular Hbond substituents is 2. The molecule has 7 heteroatoms. The van der Waals surface area contributed by atoms with Gasteiger partial charge >= 0.3 is 11.9 Å². The molecular weight excluding hydrogens is 512 g/mol. The molecule has 0 amide bonds. The maximum absolute atomic E-state index is 12.1. The SMILES string of the molecule is Cc1cc(CCC(=O)OCCSCCOC(=O)CCc2cc(C)c(O)c(CC(C)C)c2)cc(CC(C)C)c1O. The van der Waals surface area contributed by atoms with Crippen LogP contribution in [0, 0.1) is 25.7 Å². The van der Waals surface area contributed by atoms with Crippen molar-refractivity contribution in [2.45, 2.75) is 80.1 Å². The maximum atomic E-state index is 12.1. The number of benzene rings is 2. The van der Waals surface area contributed by atoms with Crippen molar-refractivity contribution in [1.29, 1.82) is 0 Å². The van der Waals surface area contributed by atoms with Crippen molar-refractivity contribution in [3.8, 4) is 11.5 Å². The Hall–Kier alpha value is -2.67. The molecule has 0 heterocycles. The Bertz CT molecular complexity index is 1010. The number of aromatic hydroxyl groups is 2. The minimum Gasteiger partial charge on any atom is -0.507 e. The van der Waals surface area contributed by atoms with Gasteiger partial charge < -0.3 is 19.7 Å². The molecular formula is C32H46O6S. The van der Waals surface area contributed by atoms with Crippen LogP contribution in [0.15, 0.2) is 24.3 Å². The van der Waals surface area contributed by atoms with Crippen molar-refractivity contribution >= 4 is 23.7 Å². The Kier molecular flexibility index (Phi) is 13.7. The minimum absolute atomic E-state index is 0.237. The Balaban J connectivity index is 1.60. The molecule has 0 aliphatic heterocycles. The third-order valence-electron chi connectivity index (χ3n) is 6.35. The Morgan fingerprint density at radius 1 is 0.718 bits per heavy atom. The molecule has 0 saturated heterocycles. The predicted molar refractivity (Wildman–Crippen MR) is 159 cm³/mol. The van der Waals surface area contributed by atoms with E-state index in [-0.39, 0.29) is 11.9 Å². The van der Waals surface area contributed by atoms with Gasteiger partial charge in [0.15, 0.2) is 0 Å². The molecule has 0 atom stereocenters. The fraction of sp³-hybridized carbons (Fsp3) is 0.562. The van der Waals surface area contributed by atoms with E-state index in [1.54, 1.807) is 11.8 Å². The number of aryl methyl sites for hydroxylation is 4. The van der Waals surface area contributed by atoms with Gasteiger partial charge in [-0.15, -0.1) is 0 Å². The normalized spacial score (nSPS) is 11.3. The fourth-order valence-electron chi connectivity index (χ4n) is 4.51. The van der Waals surface area contributed by atoms with E-state index in [2.05, 4.69) is 27.7 Å². The number of rotatable bonds is 16. The number of hydrogen-bond donors (Lipinski definition) is 2. The van der Waals surface area contributed by atoms with Crippen LogP contribution in [0.4, 0.5) is 0 Å². The van der Waals surface area contributed by atoms with Gasteiger partial charge in [0.1, 0.15) is 24.7 Å². The van der Waals surface area contributed by atoms with E-state index < -0.39 is 0 Å². The summed E-state index contributed by atoms with van der Waals surface area (Å²) in [5, 5.41) is 20.6. The zero-order valence-corrected chi connectivity index (χ0v) is 25.3. The number of carbonyl (C=O) groups excluding carboxylic acids is 2. The summed E-state index contributed by atoms with van der Waals surface area (Å²) in [7, 11) is 0. The van der Waals surface area contributed by atoms with Gasteiger partial charge in [0.2, 0.25) is 0 Å². The zero-order valence-electron chi connectivity index (χ0n) is 24.5. The van der Waals surface area contributed by atoms with Crippen molar-refractivity contribution in [2.24, 2.45) is 11.8 Å². The van der Waals surface area contributed by atoms with Gasteiger partial charge in [-0.1, -0.05) is 52.0 Å². The quantitative estimate of drug-likeness (QED) is 0.179. The van der Waals surface area contributed by atoms with Crippen LogP contribution in [-0.4, -0.2) is 46.9 Å². The number of phenols is 2. The minimum atomic E-state index is -0.237. The molecule has 2 rings (SSSR count). The first-order valence-corrected chi connectivity index (χ1v) is 15.1. The highest BCUT2D eigenvalue weighted by molar-refractivity contribution is 7.99. The van der Waals surface area contributed by atoms with Crippen LogP contribution in [0.3, 0.4) is 0 Å². The highest BCUT2D eigenvalue weighted by atomic mass is 32.2. The molecule has 0 radical (unpaired) electrons. The van der Waals surface area contributed by atoms with Crippen molar-refractivity contribution < 1.29 is 29.3 Å². The first-order chi connectivity index (χ1) is 18.5. The number of carbonyl (C=O) groups is 2. The lowest BCUT2D eigenvalue weighted by molar-refractivity contribution is -0.143. The molecule has 0 aliphatic rings. The van der Waals surface area contributed by atoms with Crippen LogP contribution in [0.1, 0.15) is 73.9 Å². The summed E-state index contributed by atoms with van der Waals surface area (Å²) in [4.78, 5) is 24.3. The summed E-state index contributed by atoms with van der Waals surface area (Å²) < 4.78 is 10.7. The van der Waals surface area contributed by atoms with Crippen LogP contribution in [0.25, 0.3) is 0 Å². The van der Waals surface area contributed by atoms with Gasteiger partial charge in [-0.05, 0) is 84.7 Å². The lowest BCUT2D eigenvalue weighted by Crippen LogP contribution is -2.11. The molecule has 2 aromatic carbocycles. The van der Waals surface area contributed by atoms with Crippen molar-refractivity contribution in [2.75, 3.05) is 24.7 Å². The number of esters is 2. The second-order valence-electron chi connectivity index (χ2n) is 11.1. The van der Waals surface area contributed by atoms with E-state index in [1.165, 1.54) is 0 Å². The molecule has 0 unspecified atom stereocenters. The molecule has 0 fully saturated rings. The summed E-state index contributed by atoms with van der Waals surface area (Å²) >= 11 is 1.58. The van der Waals surface area contributed by atoms with Crippen LogP contribution in [0.2, 0.25) is 0 Å². The van der Waals surface area contributed by atoms with Crippen molar-refractivity contribution in [1.82, 2.24) is 0 Å². The molecule has 0 aromatic heterocycles. The summed E-state index contributed by atoms with van der Waals surface area (Å²) in [6.07, 6.45) is 3.36. The number of hydrogen-bond acceptors (Lipinski definition) is 7. The van der Waals surface area contributed by atoms with Crippen molar-refractivity contribution in [3.05, 3.63) is 57.6 Å². The first-order valence-electron chi connectivity index (χ1n) is 14.0. The van der Waals surface area contributed by atoms with E-state index in [1.807, 2.05) is 38.1 Å². The summed E-state index contributed by atoms with van der Waals surface area (Å²) in [5.74, 6) is 2.39. The van der Waals surface area contributed by atoms with E-state index >= 15 is 0 Å². The second-order valence-corrected chi connectivity index (χ2v) is 12.3. The van der Waals surface area contributed by atoms with Crippen LogP contribution >= 0.6 is 11.8 Å². The molecule has 39 heavy (non-hydrogen) atoms. The molecule has 6 nitrogen and oxygen atoms in total. The van der Waals surface area contributed by atoms with E-state index in [4.69, 9.17) is 9.47 Å². The average Bonchev–Trinajstić information content (AvgIpc) is 2.86. The smallest absolute Gasteiger partial charge is 0.306 e. The van der Waals surface area contributed by atoms with Crippen molar-refractivity contribution in [3.63, 3.8) is 0 Å². The largest absolute Gasteiger partial charge is 0.507 e. The van der Waals surface area contributed by atoms with Gasteiger partial charge in [-0.3, -0.25) is 9.59 Å². The monoisotopic (exact) mass is 558 g/mol. The molecule has 216 valence electrons. The third-order valence-corrected chi connectivity index (χ3v) is 7.26. The second kappa shape index (κ2) is 16.4. The first kappa shape index (κ1) is 32.5. The highest BCUT2D eigenvalue weighted by Gasteiger charge is 2.12. The van der Waals surface area contributed by atoms with Crippen LogP contribution in [0.5, 0.6) is 11.5 Å². The lowest BCUT2D eigenvalue weighted by atomic mass is 9.96. The topological polar surface area (TPSA) is 93.1 Å². The van der Waals surface area contributed by atoms with Crippen LogP contribution < -0.4 is 0 Å². The predicted octanol–water partition coefficient (Wildman–Crippen LogP) is 6.50. The highest BCUT2D eigenvalue weighted by Crippen LogP contribution is 2.28. The van der Waals surface area contributed by atoms with Gasteiger partial charge in [0.05, 0.1) is 0 Å². The standard InChI is InChI=1S/C32H46O6S/c1-21(2)15-27-19-25(17-23(5)31(27)35)7-9-29(33)37-11-13-39-14-12-38-30(34)10-8-26-18-24(6)32(36)28(20-26)16-22(3)4/h17-22,35-36H,7-16H2,1-6H3. The van der Waals surface area contributed by atoms with Gasteiger partial charge in [0, 0.05) is 24.3 Å². The van der Waals surface area contributed by atoms with E-state index in [0.29, 0.717) is 73.7 Å². The summed E-state index contributed by atoms with van der Waals surface area (Å²) in [6.45, 7) is 12.9. The summed E-state index contributed by atoms with van der Waals surface area (Å²) in [5.41, 5.74) is 5.59. The van der Waals surface area contributed by atoms with Gasteiger partial charge in [-0.25, -0.2) is 0 Å². The number of thioether (sulfide) groups is 1. The average molecular weight is 559 g/mol. The number of ether oxygens (including phenoxy) is 2.